The molecule has 4 rings (SSSR count). The van der Waals surface area contributed by atoms with Gasteiger partial charge in [0.25, 0.3) is 5.91 Å². The summed E-state index contributed by atoms with van der Waals surface area (Å²) < 4.78 is 25.6. The van der Waals surface area contributed by atoms with Gasteiger partial charge in [-0.05, 0) is 54.1 Å². The first-order valence-corrected chi connectivity index (χ1v) is 12.6. The Morgan fingerprint density at radius 2 is 1.66 bits per heavy atom. The summed E-state index contributed by atoms with van der Waals surface area (Å²) in [7, 11) is 5.64. The molecule has 1 saturated heterocycles. The van der Waals surface area contributed by atoms with E-state index >= 15 is 0 Å². The molecule has 8 heteroatoms. The molecule has 0 saturated carbocycles. The first-order chi connectivity index (χ1) is 18.2. The molecular formula is C30H34FN3O4. The van der Waals surface area contributed by atoms with Crippen LogP contribution in [0.3, 0.4) is 0 Å². The van der Waals surface area contributed by atoms with Crippen molar-refractivity contribution in [2.75, 3.05) is 52.3 Å². The number of hydrogen-bond donors (Lipinski definition) is 0. The van der Waals surface area contributed by atoms with Crippen molar-refractivity contribution >= 4 is 17.5 Å². The summed E-state index contributed by atoms with van der Waals surface area (Å²) in [6.45, 7) is 1.35. The van der Waals surface area contributed by atoms with Crippen LogP contribution >= 0.6 is 0 Å². The monoisotopic (exact) mass is 519 g/mol. The Morgan fingerprint density at radius 3 is 2.32 bits per heavy atom. The van der Waals surface area contributed by atoms with Crippen molar-refractivity contribution in [2.45, 2.75) is 18.6 Å². The fourth-order valence-corrected chi connectivity index (χ4v) is 4.45. The second-order valence-electron chi connectivity index (χ2n) is 9.85. The second-order valence-corrected chi connectivity index (χ2v) is 9.85. The van der Waals surface area contributed by atoms with Crippen molar-refractivity contribution < 1.29 is 23.5 Å². The molecule has 200 valence electrons. The van der Waals surface area contributed by atoms with E-state index in [1.165, 1.54) is 24.3 Å². The zero-order valence-corrected chi connectivity index (χ0v) is 22.1. The molecule has 3 aromatic rings. The molecule has 1 aliphatic rings. The summed E-state index contributed by atoms with van der Waals surface area (Å²) in [4.78, 5) is 32.1. The van der Waals surface area contributed by atoms with E-state index in [-0.39, 0.29) is 43.8 Å². The molecule has 7 nitrogen and oxygen atoms in total. The second kappa shape index (κ2) is 12.1. The maximum absolute atomic E-state index is 13.4. The molecule has 1 atom stereocenters. The van der Waals surface area contributed by atoms with Gasteiger partial charge in [-0.15, -0.1) is 0 Å². The number of carbonyl (C=O) groups excluding carboxylic acids is 2. The summed E-state index contributed by atoms with van der Waals surface area (Å²) in [5.74, 6) is -0.158. The third-order valence-electron chi connectivity index (χ3n) is 6.64. The average Bonchev–Trinajstić information content (AvgIpc) is 2.93. The Kier molecular flexibility index (Phi) is 8.63. The van der Waals surface area contributed by atoms with Crippen molar-refractivity contribution in [3.63, 3.8) is 0 Å². The van der Waals surface area contributed by atoms with Crippen LogP contribution in [0.5, 0.6) is 5.75 Å². The van der Waals surface area contributed by atoms with Gasteiger partial charge in [-0.25, -0.2) is 4.39 Å². The molecule has 0 N–H and O–H groups in total. The van der Waals surface area contributed by atoms with Gasteiger partial charge in [-0.1, -0.05) is 30.3 Å². The zero-order chi connectivity index (χ0) is 27.1. The van der Waals surface area contributed by atoms with Gasteiger partial charge in [-0.2, -0.15) is 0 Å². The molecule has 0 aliphatic carbocycles. The molecule has 3 aromatic carbocycles. The number of anilines is 1. The van der Waals surface area contributed by atoms with Crippen LogP contribution in [0.15, 0.2) is 78.9 Å². The minimum atomic E-state index is -1.06. The van der Waals surface area contributed by atoms with Crippen LogP contribution in [0.2, 0.25) is 0 Å². The molecule has 0 spiro atoms. The normalized spacial score (nSPS) is 17.1. The van der Waals surface area contributed by atoms with E-state index in [1.807, 2.05) is 73.6 Å². The van der Waals surface area contributed by atoms with Crippen molar-refractivity contribution in [2.24, 2.45) is 0 Å². The van der Waals surface area contributed by atoms with Gasteiger partial charge in [-0.3, -0.25) is 9.59 Å². The number of morpholine rings is 1. The predicted molar refractivity (Wildman–Crippen MR) is 145 cm³/mol. The number of halogens is 1. The first-order valence-electron chi connectivity index (χ1n) is 12.6. The minimum Gasteiger partial charge on any atom is -0.490 e. The lowest BCUT2D eigenvalue weighted by atomic mass is 9.96. The Hall–Kier alpha value is -3.91. The van der Waals surface area contributed by atoms with Gasteiger partial charge in [0.1, 0.15) is 23.8 Å². The molecule has 0 bridgehead atoms. The highest BCUT2D eigenvalue weighted by molar-refractivity contribution is 5.94. The Morgan fingerprint density at radius 1 is 0.974 bits per heavy atom. The van der Waals surface area contributed by atoms with E-state index in [0.717, 1.165) is 11.3 Å². The average molecular weight is 520 g/mol. The first kappa shape index (κ1) is 27.1. The lowest BCUT2D eigenvalue weighted by Crippen LogP contribution is -2.58. The third-order valence-corrected chi connectivity index (χ3v) is 6.64. The number of amides is 2. The number of benzene rings is 3. The van der Waals surface area contributed by atoms with Gasteiger partial charge < -0.3 is 24.2 Å². The van der Waals surface area contributed by atoms with E-state index < -0.39 is 5.60 Å². The van der Waals surface area contributed by atoms with Crippen LogP contribution in [-0.2, 0) is 16.1 Å². The van der Waals surface area contributed by atoms with Crippen molar-refractivity contribution in [3.8, 4) is 5.75 Å². The van der Waals surface area contributed by atoms with E-state index in [9.17, 15) is 14.0 Å². The van der Waals surface area contributed by atoms with Gasteiger partial charge in [0.05, 0.1) is 19.6 Å². The summed E-state index contributed by atoms with van der Waals surface area (Å²) >= 11 is 0. The lowest BCUT2D eigenvalue weighted by molar-refractivity contribution is -0.152. The number of carbonyl (C=O) groups is 2. The minimum absolute atomic E-state index is 0.0286. The molecule has 38 heavy (non-hydrogen) atoms. The molecule has 1 heterocycles. The van der Waals surface area contributed by atoms with Crippen molar-refractivity contribution in [1.82, 2.24) is 9.80 Å². The molecule has 0 aromatic heterocycles. The zero-order valence-electron chi connectivity index (χ0n) is 22.1. The molecule has 1 aliphatic heterocycles. The fraction of sp³-hybridized carbons (Fsp3) is 0.333. The topological polar surface area (TPSA) is 62.3 Å². The molecule has 0 radical (unpaired) electrons. The Bertz CT molecular complexity index is 1220. The van der Waals surface area contributed by atoms with Gasteiger partial charge >= 0.3 is 0 Å². The molecular weight excluding hydrogens is 485 g/mol. The summed E-state index contributed by atoms with van der Waals surface area (Å²) in [6, 6.07) is 22.9. The van der Waals surface area contributed by atoms with E-state index in [1.54, 1.807) is 16.8 Å². The van der Waals surface area contributed by atoms with Crippen LogP contribution in [0.4, 0.5) is 10.1 Å². The van der Waals surface area contributed by atoms with Crippen LogP contribution in [-0.4, -0.2) is 74.7 Å². The highest BCUT2D eigenvalue weighted by Gasteiger charge is 2.42. The predicted octanol–water partition coefficient (Wildman–Crippen LogP) is 4.23. The van der Waals surface area contributed by atoms with Crippen LogP contribution in [0.1, 0.15) is 22.3 Å². The lowest BCUT2D eigenvalue weighted by Gasteiger charge is -2.42. The largest absolute Gasteiger partial charge is 0.490 e. The van der Waals surface area contributed by atoms with E-state index in [2.05, 4.69) is 0 Å². The number of ether oxygens (including phenoxy) is 2. The molecule has 1 fully saturated rings. The number of hydrogen-bond acceptors (Lipinski definition) is 5. The van der Waals surface area contributed by atoms with E-state index in [4.69, 9.17) is 9.47 Å². The third kappa shape index (κ3) is 6.89. The molecule has 2 amide bonds. The van der Waals surface area contributed by atoms with Gasteiger partial charge in [0.2, 0.25) is 5.91 Å². The standard InChI is InChI=1S/C30H34FN3O4/c1-32(2)26-13-9-24(10-14-26)29(36)34-17-18-38-30(21-34,22-37-27-15-11-25(31)12-16-27)19-28(35)33(3)20-23-7-5-4-6-8-23/h4-16H,17-22H2,1-3H3/t30-/m0/s1. The maximum Gasteiger partial charge on any atom is 0.254 e. The quantitative estimate of drug-likeness (QED) is 0.424. The summed E-state index contributed by atoms with van der Waals surface area (Å²) in [5, 5.41) is 0. The van der Waals surface area contributed by atoms with Gasteiger partial charge in [0, 0.05) is 45.5 Å². The molecule has 0 unspecified atom stereocenters. The Labute approximate surface area is 223 Å². The highest BCUT2D eigenvalue weighted by Crippen LogP contribution is 2.27. The fourth-order valence-electron chi connectivity index (χ4n) is 4.45. The smallest absolute Gasteiger partial charge is 0.254 e. The Balaban J connectivity index is 1.52. The number of rotatable bonds is 9. The van der Waals surface area contributed by atoms with Crippen LogP contribution < -0.4 is 9.64 Å². The summed E-state index contributed by atoms with van der Waals surface area (Å²) in [5.41, 5.74) is 1.52. The van der Waals surface area contributed by atoms with Crippen molar-refractivity contribution in [1.29, 1.82) is 0 Å². The van der Waals surface area contributed by atoms with Gasteiger partial charge in [0.15, 0.2) is 0 Å². The SMILES string of the molecule is CN(Cc1ccccc1)C(=O)C[C@@]1(COc2ccc(F)cc2)CN(C(=O)c2ccc(N(C)C)cc2)CCO1. The highest BCUT2D eigenvalue weighted by atomic mass is 19.1. The van der Waals surface area contributed by atoms with E-state index in [0.29, 0.717) is 24.4 Å². The van der Waals surface area contributed by atoms with Crippen LogP contribution in [0, 0.1) is 5.82 Å². The van der Waals surface area contributed by atoms with Crippen molar-refractivity contribution in [3.05, 3.63) is 95.8 Å². The number of nitrogens with zero attached hydrogens (tertiary/aromatic N) is 3. The maximum atomic E-state index is 13.4. The van der Waals surface area contributed by atoms with Crippen LogP contribution in [0.25, 0.3) is 0 Å². The summed E-state index contributed by atoms with van der Waals surface area (Å²) in [6.07, 6.45) is 0.0286.